The van der Waals surface area contributed by atoms with E-state index in [2.05, 4.69) is 9.97 Å². The molecule has 0 radical (unpaired) electrons. The average Bonchev–Trinajstić information content (AvgIpc) is 2.30. The summed E-state index contributed by atoms with van der Waals surface area (Å²) in [7, 11) is 0. The van der Waals surface area contributed by atoms with E-state index < -0.39 is 5.56 Å². The number of ether oxygens (including phenoxy) is 1. The number of nitrogens with zero attached hydrogens (tertiary/aromatic N) is 3. The summed E-state index contributed by atoms with van der Waals surface area (Å²) in [6.07, 6.45) is 2.60. The minimum absolute atomic E-state index is 0.0000172. The topological polar surface area (TPSA) is 78.7 Å². The molecule has 0 amide bonds. The molecule has 16 heavy (non-hydrogen) atoms. The number of hydrogen-bond acceptors (Lipinski definition) is 6. The minimum Gasteiger partial charge on any atom is -0.505 e. The molecule has 0 aromatic carbocycles. The normalized spacial score (nSPS) is 25.8. The van der Waals surface area contributed by atoms with E-state index in [1.807, 2.05) is 0 Å². The first-order valence-electron chi connectivity index (χ1n) is 4.86. The number of aromatic nitrogens is 2. The molecule has 2 N–H and O–H groups in total. The van der Waals surface area contributed by atoms with Crippen molar-refractivity contribution in [1.29, 1.82) is 0 Å². The van der Waals surface area contributed by atoms with Gasteiger partial charge in [-0.15, -0.1) is 0 Å². The molecule has 0 spiro atoms. The van der Waals surface area contributed by atoms with Crippen molar-refractivity contribution in [2.24, 2.45) is 0 Å². The summed E-state index contributed by atoms with van der Waals surface area (Å²) in [4.78, 5) is 9.71. The molecule has 2 atom stereocenters. The van der Waals surface area contributed by atoms with Gasteiger partial charge in [0.15, 0.2) is 11.3 Å². The third-order valence-electron chi connectivity index (χ3n) is 2.38. The second-order valence-corrected chi connectivity index (χ2v) is 3.84. The van der Waals surface area contributed by atoms with Crippen LogP contribution in [0.25, 0.3) is 0 Å². The van der Waals surface area contributed by atoms with Crippen molar-refractivity contribution in [2.45, 2.75) is 11.6 Å². The number of halogens is 1. The first-order chi connectivity index (χ1) is 7.72. The van der Waals surface area contributed by atoms with Crippen molar-refractivity contribution in [1.82, 2.24) is 9.97 Å². The number of rotatable bonds is 2. The SMILES string of the molecule is OCC1[C@@H](Cl)OCCN1c1ncc(O)cn1. The predicted octanol–water partition coefficient (Wildman–Crippen LogP) is -0.0554. The van der Waals surface area contributed by atoms with Crippen LogP contribution in [0, 0.1) is 0 Å². The molecule has 6 nitrogen and oxygen atoms in total. The highest BCUT2D eigenvalue weighted by Crippen LogP contribution is 2.21. The molecule has 7 heteroatoms. The number of anilines is 1. The van der Waals surface area contributed by atoms with Gasteiger partial charge in [0.2, 0.25) is 5.95 Å². The predicted molar refractivity (Wildman–Crippen MR) is 57.5 cm³/mol. The van der Waals surface area contributed by atoms with E-state index in [1.54, 1.807) is 4.90 Å². The lowest BCUT2D eigenvalue weighted by Gasteiger charge is -2.37. The summed E-state index contributed by atoms with van der Waals surface area (Å²) in [6, 6.07) is -0.375. The zero-order chi connectivity index (χ0) is 11.5. The summed E-state index contributed by atoms with van der Waals surface area (Å²) < 4.78 is 5.22. The van der Waals surface area contributed by atoms with Crippen molar-refractivity contribution in [3.05, 3.63) is 12.4 Å². The average molecular weight is 246 g/mol. The number of aliphatic hydroxyl groups excluding tert-OH is 1. The Morgan fingerprint density at radius 3 is 2.81 bits per heavy atom. The maximum atomic E-state index is 9.24. The molecular formula is C9H12ClN3O3. The Bertz CT molecular complexity index is 348. The van der Waals surface area contributed by atoms with Crippen LogP contribution in [0.3, 0.4) is 0 Å². The van der Waals surface area contributed by atoms with Crippen LogP contribution in [0.2, 0.25) is 0 Å². The van der Waals surface area contributed by atoms with Gasteiger partial charge in [-0.2, -0.15) is 0 Å². The lowest BCUT2D eigenvalue weighted by atomic mass is 10.2. The molecule has 1 saturated heterocycles. The van der Waals surface area contributed by atoms with Gasteiger partial charge in [-0.1, -0.05) is 11.6 Å². The van der Waals surface area contributed by atoms with Gasteiger partial charge in [0.1, 0.15) is 0 Å². The van der Waals surface area contributed by atoms with Gasteiger partial charge in [-0.3, -0.25) is 0 Å². The van der Waals surface area contributed by atoms with Crippen molar-refractivity contribution < 1.29 is 14.9 Å². The molecule has 88 valence electrons. The van der Waals surface area contributed by atoms with Crippen LogP contribution < -0.4 is 4.90 Å². The Kier molecular flexibility index (Phi) is 3.42. The molecule has 0 aliphatic carbocycles. The lowest BCUT2D eigenvalue weighted by molar-refractivity contribution is 0.0445. The highest BCUT2D eigenvalue weighted by molar-refractivity contribution is 6.20. The van der Waals surface area contributed by atoms with E-state index in [-0.39, 0.29) is 18.4 Å². The molecule has 0 bridgehead atoms. The number of aromatic hydroxyl groups is 1. The molecule has 1 aromatic rings. The van der Waals surface area contributed by atoms with Crippen LogP contribution in [0.5, 0.6) is 5.75 Å². The van der Waals surface area contributed by atoms with E-state index in [9.17, 15) is 5.11 Å². The molecule has 1 aliphatic rings. The van der Waals surface area contributed by atoms with Crippen molar-refractivity contribution in [3.63, 3.8) is 0 Å². The molecule has 2 rings (SSSR count). The zero-order valence-electron chi connectivity index (χ0n) is 8.45. The highest BCUT2D eigenvalue weighted by Gasteiger charge is 2.31. The van der Waals surface area contributed by atoms with Crippen molar-refractivity contribution in [3.8, 4) is 5.75 Å². The van der Waals surface area contributed by atoms with E-state index in [1.165, 1.54) is 12.4 Å². The first kappa shape index (κ1) is 11.4. The third-order valence-corrected chi connectivity index (χ3v) is 2.80. The number of aliphatic hydroxyl groups is 1. The molecule has 1 aromatic heterocycles. The lowest BCUT2D eigenvalue weighted by Crippen LogP contribution is -2.52. The standard InChI is InChI=1S/C9H12ClN3O3/c10-8-7(5-14)13(1-2-16-8)9-11-3-6(15)4-12-9/h3-4,7-8,14-15H,1-2,5H2/t7?,8-/m0/s1. The van der Waals surface area contributed by atoms with Gasteiger partial charge in [-0.05, 0) is 0 Å². The zero-order valence-corrected chi connectivity index (χ0v) is 9.21. The van der Waals surface area contributed by atoms with Gasteiger partial charge in [0.05, 0.1) is 31.6 Å². The van der Waals surface area contributed by atoms with Crippen LogP contribution in [-0.2, 0) is 4.74 Å². The Morgan fingerprint density at radius 2 is 2.19 bits per heavy atom. The summed E-state index contributed by atoms with van der Waals surface area (Å²) in [6.45, 7) is 0.868. The molecular weight excluding hydrogens is 234 g/mol. The largest absolute Gasteiger partial charge is 0.505 e. The van der Waals surface area contributed by atoms with E-state index in [0.717, 1.165) is 0 Å². The Labute approximate surface area is 97.5 Å². The minimum atomic E-state index is -0.587. The van der Waals surface area contributed by atoms with Gasteiger partial charge in [0, 0.05) is 6.54 Å². The van der Waals surface area contributed by atoms with Crippen molar-refractivity contribution in [2.75, 3.05) is 24.7 Å². The van der Waals surface area contributed by atoms with Gasteiger partial charge in [0.25, 0.3) is 0 Å². The molecule has 1 unspecified atom stereocenters. The fourth-order valence-electron chi connectivity index (χ4n) is 1.57. The van der Waals surface area contributed by atoms with Crippen molar-refractivity contribution >= 4 is 17.5 Å². The fourth-order valence-corrected chi connectivity index (χ4v) is 1.88. The molecule has 0 saturated carbocycles. The Balaban J connectivity index is 2.20. The van der Waals surface area contributed by atoms with Crippen LogP contribution in [0.4, 0.5) is 5.95 Å². The number of hydrogen-bond donors (Lipinski definition) is 2. The first-order valence-corrected chi connectivity index (χ1v) is 5.30. The Hall–Kier alpha value is -1.11. The van der Waals surface area contributed by atoms with Gasteiger partial charge < -0.3 is 19.8 Å². The van der Waals surface area contributed by atoms with Gasteiger partial charge in [-0.25, -0.2) is 9.97 Å². The quantitative estimate of drug-likeness (QED) is 0.711. The summed E-state index contributed by atoms with van der Waals surface area (Å²) in [5.41, 5.74) is -0.587. The Morgan fingerprint density at radius 1 is 1.50 bits per heavy atom. The van der Waals surface area contributed by atoms with E-state index >= 15 is 0 Å². The summed E-state index contributed by atoms with van der Waals surface area (Å²) >= 11 is 5.93. The number of morpholine rings is 1. The fraction of sp³-hybridized carbons (Fsp3) is 0.556. The second kappa shape index (κ2) is 4.82. The molecule has 1 aliphatic heterocycles. The van der Waals surface area contributed by atoms with Gasteiger partial charge >= 0.3 is 0 Å². The van der Waals surface area contributed by atoms with E-state index in [4.69, 9.17) is 21.4 Å². The van der Waals surface area contributed by atoms with Crippen LogP contribution >= 0.6 is 11.6 Å². The number of alkyl halides is 1. The maximum absolute atomic E-state index is 9.24. The molecule has 2 heterocycles. The van der Waals surface area contributed by atoms with Crippen LogP contribution in [0.1, 0.15) is 0 Å². The monoisotopic (exact) mass is 245 g/mol. The third kappa shape index (κ3) is 2.18. The smallest absolute Gasteiger partial charge is 0.226 e. The van der Waals surface area contributed by atoms with E-state index in [0.29, 0.717) is 19.1 Å². The highest BCUT2D eigenvalue weighted by atomic mass is 35.5. The van der Waals surface area contributed by atoms with Crippen LogP contribution in [0.15, 0.2) is 12.4 Å². The molecule has 1 fully saturated rings. The van der Waals surface area contributed by atoms with Crippen LogP contribution in [-0.4, -0.2) is 51.5 Å². The maximum Gasteiger partial charge on any atom is 0.226 e. The summed E-state index contributed by atoms with van der Waals surface area (Å²) in [5.74, 6) is 0.422. The summed E-state index contributed by atoms with van der Waals surface area (Å²) in [5, 5.41) is 18.3. The second-order valence-electron chi connectivity index (χ2n) is 3.41.